The van der Waals surface area contributed by atoms with Crippen LogP contribution in [0.2, 0.25) is 5.02 Å². The van der Waals surface area contributed by atoms with E-state index < -0.39 is 0 Å². The molecule has 0 saturated carbocycles. The Labute approximate surface area is 118 Å². The van der Waals surface area contributed by atoms with E-state index >= 15 is 0 Å². The fourth-order valence-corrected chi connectivity index (χ4v) is 2.38. The Hall–Kier alpha value is -1.38. The number of nitrogens with one attached hydrogen (secondary N) is 1. The van der Waals surface area contributed by atoms with E-state index in [1.807, 2.05) is 25.2 Å². The van der Waals surface area contributed by atoms with E-state index in [1.165, 1.54) is 5.56 Å². The van der Waals surface area contributed by atoms with Crippen molar-refractivity contribution in [1.29, 1.82) is 0 Å². The second-order valence-corrected chi connectivity index (χ2v) is 4.92. The van der Waals surface area contributed by atoms with Crippen molar-refractivity contribution in [2.75, 3.05) is 7.05 Å². The van der Waals surface area contributed by atoms with Gasteiger partial charge in [0.25, 0.3) is 0 Å². The molecule has 2 aromatic carbocycles. The van der Waals surface area contributed by atoms with Gasteiger partial charge in [-0.05, 0) is 31.5 Å². The van der Waals surface area contributed by atoms with E-state index in [4.69, 9.17) is 11.6 Å². The van der Waals surface area contributed by atoms with Crippen molar-refractivity contribution in [3.63, 3.8) is 0 Å². The van der Waals surface area contributed by atoms with Crippen molar-refractivity contribution in [2.24, 2.45) is 0 Å². The zero-order valence-corrected chi connectivity index (χ0v) is 11.6. The number of rotatable bonds is 5. The van der Waals surface area contributed by atoms with Crippen molar-refractivity contribution >= 4 is 11.6 Å². The van der Waals surface area contributed by atoms with Gasteiger partial charge in [0, 0.05) is 11.6 Å². The fraction of sp³-hybridized carbons (Fsp3) is 0.250. The molecule has 1 atom stereocenters. The Bertz CT molecular complexity index is 528. The van der Waals surface area contributed by atoms with Crippen LogP contribution in [0.15, 0.2) is 48.5 Å². The number of halogens is 2. The predicted molar refractivity (Wildman–Crippen MR) is 78.0 cm³/mol. The SMILES string of the molecule is CNC(CCc1ccccc1)c1cccc(Cl)c1F. The molecular weight excluding hydrogens is 261 g/mol. The molecule has 1 N–H and O–H groups in total. The molecule has 1 nitrogen and oxygen atoms in total. The van der Waals surface area contributed by atoms with Gasteiger partial charge in [0.1, 0.15) is 5.82 Å². The Balaban J connectivity index is 2.10. The molecule has 0 spiro atoms. The highest BCUT2D eigenvalue weighted by Crippen LogP contribution is 2.26. The van der Waals surface area contributed by atoms with Gasteiger partial charge in [-0.1, -0.05) is 54.1 Å². The summed E-state index contributed by atoms with van der Waals surface area (Å²) in [6.45, 7) is 0. The fourth-order valence-electron chi connectivity index (χ4n) is 2.20. The van der Waals surface area contributed by atoms with Gasteiger partial charge in [0.2, 0.25) is 0 Å². The summed E-state index contributed by atoms with van der Waals surface area (Å²) in [4.78, 5) is 0. The normalized spacial score (nSPS) is 12.4. The van der Waals surface area contributed by atoms with Crippen LogP contribution >= 0.6 is 11.6 Å². The second kappa shape index (κ2) is 6.69. The smallest absolute Gasteiger partial charge is 0.146 e. The standard InChI is InChI=1S/C16H17ClFN/c1-19-15(11-10-12-6-3-2-4-7-12)13-8-5-9-14(17)16(13)18/h2-9,15,19H,10-11H2,1H3. The molecule has 19 heavy (non-hydrogen) atoms. The molecule has 100 valence electrons. The minimum Gasteiger partial charge on any atom is -0.313 e. The van der Waals surface area contributed by atoms with Crippen LogP contribution in [0.4, 0.5) is 4.39 Å². The summed E-state index contributed by atoms with van der Waals surface area (Å²) in [5.74, 6) is -0.323. The summed E-state index contributed by atoms with van der Waals surface area (Å²) < 4.78 is 14.0. The summed E-state index contributed by atoms with van der Waals surface area (Å²) in [6.07, 6.45) is 1.73. The maximum absolute atomic E-state index is 14.0. The third kappa shape index (κ3) is 3.55. The molecule has 0 aromatic heterocycles. The second-order valence-electron chi connectivity index (χ2n) is 4.51. The van der Waals surface area contributed by atoms with Crippen LogP contribution in [0.5, 0.6) is 0 Å². The Morgan fingerprint density at radius 1 is 1.11 bits per heavy atom. The number of aryl methyl sites for hydroxylation is 1. The summed E-state index contributed by atoms with van der Waals surface area (Å²) in [5.41, 5.74) is 1.89. The lowest BCUT2D eigenvalue weighted by molar-refractivity contribution is 0.509. The maximum Gasteiger partial charge on any atom is 0.146 e. The van der Waals surface area contributed by atoms with Crippen molar-refractivity contribution < 1.29 is 4.39 Å². The monoisotopic (exact) mass is 277 g/mol. The van der Waals surface area contributed by atoms with Crippen LogP contribution in [0.3, 0.4) is 0 Å². The molecule has 0 aliphatic heterocycles. The highest BCUT2D eigenvalue weighted by Gasteiger charge is 2.15. The number of hydrogen-bond donors (Lipinski definition) is 1. The minimum absolute atomic E-state index is 0.0288. The zero-order valence-electron chi connectivity index (χ0n) is 10.9. The topological polar surface area (TPSA) is 12.0 Å². The molecule has 0 heterocycles. The molecule has 2 rings (SSSR count). The molecular formula is C16H17ClFN. The first-order chi connectivity index (χ1) is 9.22. The van der Waals surface area contributed by atoms with Crippen molar-refractivity contribution in [2.45, 2.75) is 18.9 Å². The summed E-state index contributed by atoms with van der Waals surface area (Å²) in [5, 5.41) is 3.34. The molecule has 0 fully saturated rings. The lowest BCUT2D eigenvalue weighted by Crippen LogP contribution is -2.18. The first-order valence-corrected chi connectivity index (χ1v) is 6.75. The molecule has 0 saturated heterocycles. The quantitative estimate of drug-likeness (QED) is 0.856. The highest BCUT2D eigenvalue weighted by atomic mass is 35.5. The Morgan fingerprint density at radius 3 is 2.53 bits per heavy atom. The summed E-state index contributed by atoms with van der Waals surface area (Å²) >= 11 is 5.83. The molecule has 1 unspecified atom stereocenters. The molecule has 0 radical (unpaired) electrons. The van der Waals surface area contributed by atoms with Gasteiger partial charge in [0.05, 0.1) is 5.02 Å². The van der Waals surface area contributed by atoms with Gasteiger partial charge in [-0.2, -0.15) is 0 Å². The lowest BCUT2D eigenvalue weighted by atomic mass is 9.98. The van der Waals surface area contributed by atoms with Crippen LogP contribution in [-0.4, -0.2) is 7.05 Å². The van der Waals surface area contributed by atoms with E-state index in [9.17, 15) is 4.39 Å². The van der Waals surface area contributed by atoms with Gasteiger partial charge >= 0.3 is 0 Å². The van der Waals surface area contributed by atoms with Crippen molar-refractivity contribution in [3.05, 3.63) is 70.5 Å². The molecule has 0 bridgehead atoms. The Morgan fingerprint density at radius 2 is 1.84 bits per heavy atom. The molecule has 0 amide bonds. The number of hydrogen-bond acceptors (Lipinski definition) is 1. The van der Waals surface area contributed by atoms with Gasteiger partial charge < -0.3 is 5.32 Å². The van der Waals surface area contributed by atoms with Crippen LogP contribution < -0.4 is 5.32 Å². The van der Waals surface area contributed by atoms with E-state index in [0.717, 1.165) is 12.8 Å². The molecule has 3 heteroatoms. The maximum atomic E-state index is 14.0. The van der Waals surface area contributed by atoms with Gasteiger partial charge in [-0.3, -0.25) is 0 Å². The highest BCUT2D eigenvalue weighted by molar-refractivity contribution is 6.30. The van der Waals surface area contributed by atoms with Gasteiger partial charge in [-0.15, -0.1) is 0 Å². The summed E-state index contributed by atoms with van der Waals surface area (Å²) in [7, 11) is 1.84. The van der Waals surface area contributed by atoms with Crippen LogP contribution in [0.1, 0.15) is 23.6 Å². The van der Waals surface area contributed by atoms with Gasteiger partial charge in [-0.25, -0.2) is 4.39 Å². The summed E-state index contributed by atoms with van der Waals surface area (Å²) in [6, 6.07) is 15.3. The first kappa shape index (κ1) is 14.0. The molecule has 0 aliphatic rings. The van der Waals surface area contributed by atoms with E-state index in [0.29, 0.717) is 5.56 Å². The molecule has 2 aromatic rings. The lowest BCUT2D eigenvalue weighted by Gasteiger charge is -2.17. The third-order valence-electron chi connectivity index (χ3n) is 3.27. The van der Waals surface area contributed by atoms with Crippen LogP contribution in [0, 0.1) is 5.82 Å². The third-order valence-corrected chi connectivity index (χ3v) is 3.56. The van der Waals surface area contributed by atoms with E-state index in [2.05, 4.69) is 17.4 Å². The average molecular weight is 278 g/mol. The average Bonchev–Trinajstić information content (AvgIpc) is 2.45. The first-order valence-electron chi connectivity index (χ1n) is 6.37. The Kier molecular flexibility index (Phi) is 4.94. The van der Waals surface area contributed by atoms with E-state index in [1.54, 1.807) is 18.2 Å². The largest absolute Gasteiger partial charge is 0.313 e. The van der Waals surface area contributed by atoms with Crippen LogP contribution in [0.25, 0.3) is 0 Å². The van der Waals surface area contributed by atoms with Crippen molar-refractivity contribution in [1.82, 2.24) is 5.32 Å². The van der Waals surface area contributed by atoms with Gasteiger partial charge in [0.15, 0.2) is 0 Å². The predicted octanol–water partition coefficient (Wildman–Crippen LogP) is 4.37. The number of benzene rings is 2. The van der Waals surface area contributed by atoms with E-state index in [-0.39, 0.29) is 16.9 Å². The molecule has 0 aliphatic carbocycles. The van der Waals surface area contributed by atoms with Crippen LogP contribution in [-0.2, 0) is 6.42 Å². The van der Waals surface area contributed by atoms with Crippen molar-refractivity contribution in [3.8, 4) is 0 Å². The zero-order chi connectivity index (χ0) is 13.7. The minimum atomic E-state index is -0.323.